The number of amides is 1. The van der Waals surface area contributed by atoms with Crippen LogP contribution in [0.5, 0.6) is 0 Å². The maximum atomic E-state index is 13.8. The number of nitrogens with one attached hydrogen (secondary N) is 1. The second-order valence-corrected chi connectivity index (χ2v) is 5.42. The first-order valence-corrected chi connectivity index (χ1v) is 7.63. The molecule has 0 fully saturated rings. The van der Waals surface area contributed by atoms with E-state index in [1.807, 2.05) is 0 Å². The van der Waals surface area contributed by atoms with Crippen molar-refractivity contribution in [2.45, 2.75) is 6.54 Å². The Bertz CT molecular complexity index is 1100. The summed E-state index contributed by atoms with van der Waals surface area (Å²) in [6.45, 7) is 0.0147. The minimum absolute atomic E-state index is 0.0147. The number of hydrogen-bond acceptors (Lipinski definition) is 7. The normalized spacial score (nSPS) is 11.0. The van der Waals surface area contributed by atoms with Crippen LogP contribution in [0.2, 0.25) is 0 Å². The van der Waals surface area contributed by atoms with Crippen molar-refractivity contribution in [2.24, 2.45) is 7.05 Å². The molecule has 10 heteroatoms. The third kappa shape index (κ3) is 2.77. The van der Waals surface area contributed by atoms with Crippen LogP contribution in [-0.2, 0) is 13.6 Å². The van der Waals surface area contributed by atoms with Crippen LogP contribution in [0.3, 0.4) is 0 Å². The Labute approximate surface area is 145 Å². The molecule has 0 unspecified atom stereocenters. The zero-order chi connectivity index (χ0) is 18.1. The smallest absolute Gasteiger partial charge is 0.260 e. The van der Waals surface area contributed by atoms with Crippen molar-refractivity contribution in [3.8, 4) is 11.5 Å². The van der Waals surface area contributed by atoms with E-state index in [9.17, 15) is 9.18 Å². The molecule has 4 rings (SSSR count). The monoisotopic (exact) mass is 353 g/mol. The number of halogens is 1. The number of carbonyl (C=O) groups excluding carboxylic acids is 1. The molecule has 3 heterocycles. The molecule has 0 bridgehead atoms. The highest BCUT2D eigenvalue weighted by Gasteiger charge is 2.17. The summed E-state index contributed by atoms with van der Waals surface area (Å²) in [4.78, 5) is 20.6. The first-order chi connectivity index (χ1) is 12.6. The number of benzene rings is 1. The summed E-state index contributed by atoms with van der Waals surface area (Å²) in [6.07, 6.45) is 1.51. The number of rotatable bonds is 4. The number of hydrogen-bond donors (Lipinski definition) is 1. The Kier molecular flexibility index (Phi) is 3.84. The lowest BCUT2D eigenvalue weighted by Crippen LogP contribution is -2.23. The lowest BCUT2D eigenvalue weighted by atomic mass is 10.2. The van der Waals surface area contributed by atoms with Crippen molar-refractivity contribution in [2.75, 3.05) is 0 Å². The molecule has 1 aromatic carbocycles. The first-order valence-electron chi connectivity index (χ1n) is 7.63. The fourth-order valence-electron chi connectivity index (χ4n) is 2.44. The maximum absolute atomic E-state index is 13.8. The summed E-state index contributed by atoms with van der Waals surface area (Å²) in [7, 11) is 1.69. The molecule has 3 aromatic heterocycles. The summed E-state index contributed by atoms with van der Waals surface area (Å²) < 4.78 is 20.3. The first kappa shape index (κ1) is 15.8. The van der Waals surface area contributed by atoms with Gasteiger partial charge in [-0.2, -0.15) is 4.98 Å². The van der Waals surface area contributed by atoms with Gasteiger partial charge in [0, 0.05) is 13.2 Å². The molecule has 0 aliphatic rings. The van der Waals surface area contributed by atoms with Gasteiger partial charge in [-0.15, -0.1) is 5.10 Å². The van der Waals surface area contributed by atoms with E-state index < -0.39 is 5.82 Å². The second-order valence-electron chi connectivity index (χ2n) is 5.42. The van der Waals surface area contributed by atoms with Crippen molar-refractivity contribution >= 4 is 17.1 Å². The van der Waals surface area contributed by atoms with E-state index >= 15 is 0 Å². The fourth-order valence-corrected chi connectivity index (χ4v) is 2.44. The van der Waals surface area contributed by atoms with Crippen LogP contribution in [0.25, 0.3) is 22.6 Å². The minimum Gasteiger partial charge on any atom is -0.345 e. The molecule has 130 valence electrons. The van der Waals surface area contributed by atoms with Gasteiger partial charge in [0.25, 0.3) is 11.8 Å². The molecule has 4 aromatic rings. The van der Waals surface area contributed by atoms with Crippen molar-refractivity contribution in [1.82, 2.24) is 35.4 Å². The Morgan fingerprint density at radius 3 is 3.00 bits per heavy atom. The van der Waals surface area contributed by atoms with Crippen LogP contribution < -0.4 is 5.32 Å². The Morgan fingerprint density at radius 2 is 2.15 bits per heavy atom. The molecule has 0 aliphatic carbocycles. The van der Waals surface area contributed by atoms with Gasteiger partial charge in [0.2, 0.25) is 0 Å². The summed E-state index contributed by atoms with van der Waals surface area (Å²) in [5, 5.41) is 14.2. The molecule has 0 atom stereocenters. The fraction of sp³-hybridized carbons (Fsp3) is 0.125. The van der Waals surface area contributed by atoms with Gasteiger partial charge >= 0.3 is 0 Å². The third-order valence-electron chi connectivity index (χ3n) is 3.71. The number of nitrogens with zero attached hydrogens (tertiary/aromatic N) is 6. The number of carbonyl (C=O) groups is 1. The maximum Gasteiger partial charge on any atom is 0.260 e. The number of aryl methyl sites for hydroxylation is 1. The molecule has 26 heavy (non-hydrogen) atoms. The van der Waals surface area contributed by atoms with Crippen LogP contribution in [-0.4, -0.2) is 36.0 Å². The van der Waals surface area contributed by atoms with Crippen LogP contribution in [0.4, 0.5) is 4.39 Å². The lowest BCUT2D eigenvalue weighted by Gasteiger charge is -2.02. The van der Waals surface area contributed by atoms with E-state index in [1.165, 1.54) is 23.0 Å². The minimum atomic E-state index is -0.464. The van der Waals surface area contributed by atoms with Gasteiger partial charge in [0.05, 0.1) is 17.7 Å². The van der Waals surface area contributed by atoms with Gasteiger partial charge in [0.1, 0.15) is 11.3 Å². The molecule has 0 aliphatic heterocycles. The van der Waals surface area contributed by atoms with Crippen molar-refractivity contribution in [3.63, 3.8) is 0 Å². The largest absolute Gasteiger partial charge is 0.345 e. The standard InChI is InChI=1S/C16H12FN7O2/c1-24-14-13(21-23-24)10(6-7-18-14)15(25)19-8-12-20-16(26-22-12)9-4-2-3-5-11(9)17/h2-7H,8H2,1H3,(H,19,25). The zero-order valence-electron chi connectivity index (χ0n) is 13.5. The van der Waals surface area contributed by atoms with E-state index in [2.05, 4.69) is 30.8 Å². The number of aromatic nitrogens is 6. The molecule has 9 nitrogen and oxygen atoms in total. The molecule has 0 saturated heterocycles. The molecular weight excluding hydrogens is 341 g/mol. The highest BCUT2D eigenvalue weighted by molar-refractivity contribution is 6.03. The predicted octanol–water partition coefficient (Wildman–Crippen LogP) is 1.48. The van der Waals surface area contributed by atoms with Gasteiger partial charge < -0.3 is 9.84 Å². The Morgan fingerprint density at radius 1 is 1.31 bits per heavy atom. The zero-order valence-corrected chi connectivity index (χ0v) is 13.5. The van der Waals surface area contributed by atoms with E-state index in [0.717, 1.165) is 0 Å². The predicted molar refractivity (Wildman–Crippen MR) is 87.2 cm³/mol. The SMILES string of the molecule is Cn1nnc2c(C(=O)NCc3noc(-c4ccccc4F)n3)ccnc21. The highest BCUT2D eigenvalue weighted by atomic mass is 19.1. The van der Waals surface area contributed by atoms with Crippen LogP contribution in [0, 0.1) is 5.82 Å². The van der Waals surface area contributed by atoms with Crippen molar-refractivity contribution in [3.05, 3.63) is 53.7 Å². The summed E-state index contributed by atoms with van der Waals surface area (Å²) in [5.41, 5.74) is 1.43. The van der Waals surface area contributed by atoms with Crippen LogP contribution >= 0.6 is 0 Å². The van der Waals surface area contributed by atoms with E-state index in [-0.39, 0.29) is 29.7 Å². The quantitative estimate of drug-likeness (QED) is 0.591. The molecule has 0 saturated carbocycles. The van der Waals surface area contributed by atoms with Gasteiger partial charge in [-0.05, 0) is 18.2 Å². The Hall–Kier alpha value is -3.69. The van der Waals surface area contributed by atoms with Crippen LogP contribution in [0.1, 0.15) is 16.2 Å². The molecular formula is C16H12FN7O2. The van der Waals surface area contributed by atoms with E-state index in [0.29, 0.717) is 16.7 Å². The van der Waals surface area contributed by atoms with Gasteiger partial charge in [-0.25, -0.2) is 14.1 Å². The average molecular weight is 353 g/mol. The average Bonchev–Trinajstić information content (AvgIpc) is 3.27. The number of pyridine rings is 1. The van der Waals surface area contributed by atoms with Crippen molar-refractivity contribution in [1.29, 1.82) is 0 Å². The van der Waals surface area contributed by atoms with Crippen LogP contribution in [0.15, 0.2) is 41.1 Å². The summed E-state index contributed by atoms with van der Waals surface area (Å²) in [6, 6.07) is 7.62. The van der Waals surface area contributed by atoms with E-state index in [4.69, 9.17) is 4.52 Å². The Balaban J connectivity index is 1.51. The highest BCUT2D eigenvalue weighted by Crippen LogP contribution is 2.20. The molecule has 1 N–H and O–H groups in total. The lowest BCUT2D eigenvalue weighted by molar-refractivity contribution is 0.0951. The van der Waals surface area contributed by atoms with Gasteiger partial charge in [0.15, 0.2) is 11.5 Å². The second kappa shape index (κ2) is 6.31. The molecule has 0 radical (unpaired) electrons. The van der Waals surface area contributed by atoms with Gasteiger partial charge in [-0.1, -0.05) is 22.5 Å². The summed E-state index contributed by atoms with van der Waals surface area (Å²) in [5.74, 6) is -0.572. The van der Waals surface area contributed by atoms with Crippen molar-refractivity contribution < 1.29 is 13.7 Å². The topological polar surface area (TPSA) is 112 Å². The number of fused-ring (bicyclic) bond motifs is 1. The summed E-state index contributed by atoms with van der Waals surface area (Å²) >= 11 is 0. The third-order valence-corrected chi connectivity index (χ3v) is 3.71. The molecule has 0 spiro atoms. The van der Waals surface area contributed by atoms with Gasteiger partial charge in [-0.3, -0.25) is 4.79 Å². The molecule has 1 amide bonds. The van der Waals surface area contributed by atoms with E-state index in [1.54, 1.807) is 25.2 Å².